The van der Waals surface area contributed by atoms with E-state index < -0.39 is 0 Å². The van der Waals surface area contributed by atoms with Gasteiger partial charge in [0, 0.05) is 65.6 Å². The summed E-state index contributed by atoms with van der Waals surface area (Å²) in [6.45, 7) is 3.88. The molecule has 4 aromatic rings. The van der Waals surface area contributed by atoms with Gasteiger partial charge in [-0.1, -0.05) is 0 Å². The third kappa shape index (κ3) is 3.75. The number of nitrogens with one attached hydrogen (secondary N) is 2. The molecule has 0 radical (unpaired) electrons. The van der Waals surface area contributed by atoms with Crippen LogP contribution in [0.3, 0.4) is 0 Å². The minimum absolute atomic E-state index is 0.430. The van der Waals surface area contributed by atoms with E-state index in [0.717, 1.165) is 65.0 Å². The van der Waals surface area contributed by atoms with Crippen molar-refractivity contribution in [1.29, 1.82) is 10.5 Å². The zero-order valence-electron chi connectivity index (χ0n) is 18.4. The molecule has 3 aromatic heterocycles. The fourth-order valence-electron chi connectivity index (χ4n) is 4.50. The second-order valence-electron chi connectivity index (χ2n) is 8.28. The molecule has 2 N–H and O–H groups in total. The normalized spacial score (nSPS) is 13.5. The van der Waals surface area contributed by atoms with E-state index in [0.29, 0.717) is 16.8 Å². The number of benzene rings is 1. The number of aryl methyl sites for hydroxylation is 1. The molecule has 1 aliphatic heterocycles. The highest BCUT2D eigenvalue weighted by Crippen LogP contribution is 2.36. The SMILES string of the molecule is Cc1c(Nc2c(C#N)cncc2-c2cnc(N3CCCCC3)c(C#N)c2)ccc2[nH]ccc12. The Hall–Kier alpha value is -4.36. The molecule has 162 valence electrons. The third-order valence-corrected chi connectivity index (χ3v) is 6.28. The van der Waals surface area contributed by atoms with Gasteiger partial charge >= 0.3 is 0 Å². The number of H-pyrrole nitrogens is 1. The van der Waals surface area contributed by atoms with Crippen LogP contribution >= 0.6 is 0 Å². The first-order valence-corrected chi connectivity index (χ1v) is 11.1. The van der Waals surface area contributed by atoms with E-state index in [1.807, 2.05) is 37.4 Å². The zero-order chi connectivity index (χ0) is 22.8. The number of fused-ring (bicyclic) bond motifs is 1. The first-order valence-electron chi connectivity index (χ1n) is 11.1. The van der Waals surface area contributed by atoms with Crippen LogP contribution in [0.2, 0.25) is 0 Å². The summed E-state index contributed by atoms with van der Waals surface area (Å²) in [6.07, 6.45) is 10.4. The predicted octanol–water partition coefficient (Wildman–Crippen LogP) is 5.41. The number of hydrogen-bond acceptors (Lipinski definition) is 6. The Labute approximate surface area is 192 Å². The van der Waals surface area contributed by atoms with Gasteiger partial charge in [-0.25, -0.2) is 4.98 Å². The summed E-state index contributed by atoms with van der Waals surface area (Å²) >= 11 is 0. The van der Waals surface area contributed by atoms with Crippen molar-refractivity contribution in [2.45, 2.75) is 26.2 Å². The number of rotatable bonds is 4. The molecule has 0 amide bonds. The summed E-state index contributed by atoms with van der Waals surface area (Å²) in [6, 6.07) is 12.5. The number of pyridine rings is 2. The lowest BCUT2D eigenvalue weighted by molar-refractivity contribution is 0.573. The molecule has 7 heteroatoms. The lowest BCUT2D eigenvalue weighted by Gasteiger charge is -2.28. The van der Waals surface area contributed by atoms with Gasteiger partial charge in [-0.15, -0.1) is 0 Å². The fourth-order valence-corrected chi connectivity index (χ4v) is 4.50. The van der Waals surface area contributed by atoms with Gasteiger partial charge in [0.25, 0.3) is 0 Å². The third-order valence-electron chi connectivity index (χ3n) is 6.28. The average molecular weight is 434 g/mol. The molecule has 0 unspecified atom stereocenters. The smallest absolute Gasteiger partial charge is 0.146 e. The molecule has 1 aromatic carbocycles. The van der Waals surface area contributed by atoms with Crippen molar-refractivity contribution in [2.75, 3.05) is 23.3 Å². The fraction of sp³-hybridized carbons (Fsp3) is 0.231. The molecule has 1 aliphatic rings. The van der Waals surface area contributed by atoms with Crippen molar-refractivity contribution in [1.82, 2.24) is 15.0 Å². The average Bonchev–Trinajstić information content (AvgIpc) is 3.36. The molecule has 7 nitrogen and oxygen atoms in total. The Bertz CT molecular complexity index is 1420. The summed E-state index contributed by atoms with van der Waals surface area (Å²) in [5.41, 5.74) is 6.15. The Balaban J connectivity index is 1.58. The molecule has 4 heterocycles. The summed E-state index contributed by atoms with van der Waals surface area (Å²) in [5.74, 6) is 0.730. The van der Waals surface area contributed by atoms with Gasteiger partial charge in [-0.3, -0.25) is 4.98 Å². The first-order chi connectivity index (χ1) is 16.2. The summed E-state index contributed by atoms with van der Waals surface area (Å²) in [7, 11) is 0. The molecule has 0 spiro atoms. The number of nitrogens with zero attached hydrogens (tertiary/aromatic N) is 5. The van der Waals surface area contributed by atoms with Crippen LogP contribution in [-0.2, 0) is 0 Å². The number of aromatic amines is 1. The molecule has 0 aliphatic carbocycles. The number of hydrogen-bond donors (Lipinski definition) is 2. The maximum atomic E-state index is 9.84. The standard InChI is InChI=1S/C26H23N7/c1-17-21-7-8-30-24(21)6-5-23(17)32-25-20(13-28)14-29-16-22(25)19-11-18(12-27)26(31-15-19)33-9-3-2-4-10-33/h5-8,11,14-16,30H,2-4,9-10H2,1H3,(H,29,32). The van der Waals surface area contributed by atoms with Crippen LogP contribution < -0.4 is 10.2 Å². The van der Waals surface area contributed by atoms with Crippen molar-refractivity contribution >= 4 is 28.1 Å². The molecule has 0 atom stereocenters. The molecule has 1 fully saturated rings. The number of anilines is 3. The lowest BCUT2D eigenvalue weighted by Crippen LogP contribution is -2.30. The Kier molecular flexibility index (Phi) is 5.38. The molecule has 1 saturated heterocycles. The van der Waals surface area contributed by atoms with Gasteiger partial charge < -0.3 is 15.2 Å². The van der Waals surface area contributed by atoms with Crippen molar-refractivity contribution in [3.63, 3.8) is 0 Å². The van der Waals surface area contributed by atoms with Crippen LogP contribution in [0.15, 0.2) is 49.1 Å². The maximum absolute atomic E-state index is 9.84. The van der Waals surface area contributed by atoms with Crippen LogP contribution in [0.5, 0.6) is 0 Å². The van der Waals surface area contributed by atoms with Gasteiger partial charge in [-0.05, 0) is 56.0 Å². The molecular formula is C26H23N7. The van der Waals surface area contributed by atoms with Crippen LogP contribution in [0.1, 0.15) is 36.0 Å². The molecule has 5 rings (SSSR count). The highest BCUT2D eigenvalue weighted by atomic mass is 15.2. The van der Waals surface area contributed by atoms with Gasteiger partial charge in [-0.2, -0.15) is 10.5 Å². The van der Waals surface area contributed by atoms with Crippen molar-refractivity contribution in [2.24, 2.45) is 0 Å². The van der Waals surface area contributed by atoms with E-state index in [9.17, 15) is 10.5 Å². The van der Waals surface area contributed by atoms with Crippen molar-refractivity contribution in [3.05, 3.63) is 65.7 Å². The Morgan fingerprint density at radius 2 is 1.82 bits per heavy atom. The van der Waals surface area contributed by atoms with E-state index in [1.54, 1.807) is 18.6 Å². The van der Waals surface area contributed by atoms with Crippen LogP contribution in [0.4, 0.5) is 17.2 Å². The number of piperidine rings is 1. The van der Waals surface area contributed by atoms with E-state index in [4.69, 9.17) is 0 Å². The minimum Gasteiger partial charge on any atom is -0.361 e. The van der Waals surface area contributed by atoms with Crippen molar-refractivity contribution < 1.29 is 0 Å². The Morgan fingerprint density at radius 1 is 1.00 bits per heavy atom. The summed E-state index contributed by atoms with van der Waals surface area (Å²) < 4.78 is 0. The van der Waals surface area contributed by atoms with E-state index in [1.165, 1.54) is 6.42 Å². The Morgan fingerprint density at radius 3 is 2.61 bits per heavy atom. The highest BCUT2D eigenvalue weighted by molar-refractivity contribution is 5.91. The zero-order valence-corrected chi connectivity index (χ0v) is 18.4. The molecule has 0 saturated carbocycles. The monoisotopic (exact) mass is 433 g/mol. The van der Waals surface area contributed by atoms with Gasteiger partial charge in [0.2, 0.25) is 0 Å². The van der Waals surface area contributed by atoms with Crippen LogP contribution in [0.25, 0.3) is 22.0 Å². The quantitative estimate of drug-likeness (QED) is 0.446. The largest absolute Gasteiger partial charge is 0.361 e. The van der Waals surface area contributed by atoms with Crippen LogP contribution in [0, 0.1) is 29.6 Å². The first kappa shape index (κ1) is 20.5. The van der Waals surface area contributed by atoms with Gasteiger partial charge in [0.1, 0.15) is 18.0 Å². The lowest BCUT2D eigenvalue weighted by atomic mass is 10.0. The number of aromatic nitrogens is 3. The van der Waals surface area contributed by atoms with Crippen molar-refractivity contribution in [3.8, 4) is 23.3 Å². The van der Waals surface area contributed by atoms with E-state index >= 15 is 0 Å². The predicted molar refractivity (Wildman–Crippen MR) is 129 cm³/mol. The van der Waals surface area contributed by atoms with E-state index in [2.05, 4.69) is 37.3 Å². The van der Waals surface area contributed by atoms with Gasteiger partial charge in [0.15, 0.2) is 0 Å². The number of nitriles is 2. The van der Waals surface area contributed by atoms with E-state index in [-0.39, 0.29) is 0 Å². The summed E-state index contributed by atoms with van der Waals surface area (Å²) in [4.78, 5) is 14.4. The van der Waals surface area contributed by atoms with Crippen LogP contribution in [-0.4, -0.2) is 28.0 Å². The topological polar surface area (TPSA) is 104 Å². The molecule has 0 bridgehead atoms. The van der Waals surface area contributed by atoms with Gasteiger partial charge in [0.05, 0.1) is 16.8 Å². The maximum Gasteiger partial charge on any atom is 0.146 e. The summed E-state index contributed by atoms with van der Waals surface area (Å²) in [5, 5.41) is 24.2. The molecular weight excluding hydrogens is 410 g/mol. The second-order valence-corrected chi connectivity index (χ2v) is 8.28. The highest BCUT2D eigenvalue weighted by Gasteiger charge is 2.19. The second kappa shape index (κ2) is 8.64. The minimum atomic E-state index is 0.430. The molecule has 33 heavy (non-hydrogen) atoms.